The number of benzene rings is 1. The number of rotatable bonds is 6. The van der Waals surface area contributed by atoms with Crippen molar-refractivity contribution in [1.82, 2.24) is 5.32 Å². The minimum atomic E-state index is -0.998. The lowest BCUT2D eigenvalue weighted by molar-refractivity contribution is -0.149. The molecule has 144 valence electrons. The maximum absolute atomic E-state index is 12.9. The van der Waals surface area contributed by atoms with Crippen molar-refractivity contribution >= 4 is 11.9 Å². The second-order valence-corrected chi connectivity index (χ2v) is 6.60. The van der Waals surface area contributed by atoms with E-state index >= 15 is 0 Å². The van der Waals surface area contributed by atoms with E-state index in [0.29, 0.717) is 24.4 Å². The largest absolute Gasteiger partial charge is 0.486 e. The Bertz CT molecular complexity index is 793. The molecule has 27 heavy (non-hydrogen) atoms. The lowest BCUT2D eigenvalue weighted by Gasteiger charge is -2.34. The number of ether oxygens (including phenoxy) is 2. The molecule has 1 fully saturated rings. The molecule has 1 aliphatic carbocycles. The molecule has 0 atom stereocenters. The van der Waals surface area contributed by atoms with Gasteiger partial charge in [0.15, 0.2) is 5.76 Å². The van der Waals surface area contributed by atoms with E-state index in [0.717, 1.165) is 19.3 Å². The average molecular weight is 375 g/mol. The van der Waals surface area contributed by atoms with E-state index in [1.54, 1.807) is 6.07 Å². The summed E-state index contributed by atoms with van der Waals surface area (Å²) in [5.74, 6) is -0.202. The van der Waals surface area contributed by atoms with Crippen molar-refractivity contribution in [3.63, 3.8) is 0 Å². The number of halogens is 1. The van der Waals surface area contributed by atoms with Gasteiger partial charge in [-0.25, -0.2) is 9.18 Å². The zero-order valence-electron chi connectivity index (χ0n) is 15.1. The van der Waals surface area contributed by atoms with Gasteiger partial charge in [-0.15, -0.1) is 0 Å². The quantitative estimate of drug-likeness (QED) is 0.781. The average Bonchev–Trinajstić information content (AvgIpc) is 3.17. The van der Waals surface area contributed by atoms with Gasteiger partial charge in [0.2, 0.25) is 0 Å². The molecular weight excluding hydrogens is 353 g/mol. The number of nitrogens with one attached hydrogen (secondary N) is 1. The Morgan fingerprint density at radius 1 is 1.11 bits per heavy atom. The van der Waals surface area contributed by atoms with Crippen molar-refractivity contribution in [3.8, 4) is 5.75 Å². The van der Waals surface area contributed by atoms with Gasteiger partial charge in [-0.2, -0.15) is 0 Å². The number of amides is 1. The molecule has 7 heteroatoms. The van der Waals surface area contributed by atoms with Crippen LogP contribution in [0.1, 0.15) is 48.4 Å². The number of methoxy groups -OCH3 is 1. The number of furan rings is 1. The first-order chi connectivity index (χ1) is 13.0. The van der Waals surface area contributed by atoms with Crippen LogP contribution in [0, 0.1) is 5.82 Å². The highest BCUT2D eigenvalue weighted by molar-refractivity contribution is 5.96. The first kappa shape index (κ1) is 18.9. The molecule has 6 nitrogen and oxygen atoms in total. The van der Waals surface area contributed by atoms with Crippen LogP contribution < -0.4 is 10.1 Å². The van der Waals surface area contributed by atoms with Gasteiger partial charge in [0, 0.05) is 0 Å². The van der Waals surface area contributed by atoms with Crippen LogP contribution >= 0.6 is 0 Å². The van der Waals surface area contributed by atoms with Crippen LogP contribution in [0.25, 0.3) is 0 Å². The van der Waals surface area contributed by atoms with Crippen LogP contribution in [0.2, 0.25) is 0 Å². The molecule has 0 unspecified atom stereocenters. The van der Waals surface area contributed by atoms with Crippen molar-refractivity contribution in [1.29, 1.82) is 0 Å². The van der Waals surface area contributed by atoms with Gasteiger partial charge in [-0.3, -0.25) is 4.79 Å². The molecule has 1 saturated carbocycles. The van der Waals surface area contributed by atoms with Gasteiger partial charge in [0.25, 0.3) is 5.91 Å². The molecule has 0 bridgehead atoms. The van der Waals surface area contributed by atoms with E-state index in [1.165, 1.54) is 37.4 Å². The molecule has 0 aliphatic heterocycles. The Morgan fingerprint density at radius 2 is 1.81 bits per heavy atom. The van der Waals surface area contributed by atoms with E-state index in [9.17, 15) is 14.0 Å². The topological polar surface area (TPSA) is 77.8 Å². The molecule has 0 saturated heterocycles. The minimum Gasteiger partial charge on any atom is -0.486 e. The van der Waals surface area contributed by atoms with Crippen LogP contribution in [0.15, 0.2) is 40.8 Å². The number of hydrogen-bond donors (Lipinski definition) is 1. The highest BCUT2D eigenvalue weighted by Gasteiger charge is 2.42. The van der Waals surface area contributed by atoms with Crippen LogP contribution in [0.5, 0.6) is 5.75 Å². The summed E-state index contributed by atoms with van der Waals surface area (Å²) in [6, 6.07) is 8.78. The second-order valence-electron chi connectivity index (χ2n) is 6.60. The van der Waals surface area contributed by atoms with Crippen molar-refractivity contribution in [2.75, 3.05) is 7.11 Å². The maximum Gasteiger partial charge on any atom is 0.331 e. The molecule has 1 aliphatic rings. The lowest BCUT2D eigenvalue weighted by Crippen LogP contribution is -2.56. The number of esters is 1. The summed E-state index contributed by atoms with van der Waals surface area (Å²) in [4.78, 5) is 24.8. The smallest absolute Gasteiger partial charge is 0.331 e. The van der Waals surface area contributed by atoms with Crippen molar-refractivity contribution in [3.05, 3.63) is 53.7 Å². The first-order valence-corrected chi connectivity index (χ1v) is 8.90. The Kier molecular flexibility index (Phi) is 5.78. The van der Waals surface area contributed by atoms with Crippen molar-refractivity contribution in [2.24, 2.45) is 0 Å². The van der Waals surface area contributed by atoms with Crippen LogP contribution in [-0.2, 0) is 16.1 Å². The molecule has 0 spiro atoms. The fourth-order valence-electron chi connectivity index (χ4n) is 3.27. The monoisotopic (exact) mass is 375 g/mol. The van der Waals surface area contributed by atoms with Gasteiger partial charge >= 0.3 is 5.97 Å². The number of hydrogen-bond acceptors (Lipinski definition) is 5. The lowest BCUT2D eigenvalue weighted by atomic mass is 9.81. The molecule has 1 aromatic carbocycles. The first-order valence-electron chi connectivity index (χ1n) is 8.90. The Morgan fingerprint density at radius 3 is 2.48 bits per heavy atom. The third-order valence-corrected chi connectivity index (χ3v) is 4.72. The van der Waals surface area contributed by atoms with Crippen LogP contribution in [-0.4, -0.2) is 24.5 Å². The van der Waals surface area contributed by atoms with E-state index in [4.69, 9.17) is 13.9 Å². The van der Waals surface area contributed by atoms with Crippen LogP contribution in [0.4, 0.5) is 4.39 Å². The number of carbonyl (C=O) groups excluding carboxylic acids is 2. The zero-order valence-corrected chi connectivity index (χ0v) is 15.1. The predicted octanol–water partition coefficient (Wildman–Crippen LogP) is 3.60. The highest BCUT2D eigenvalue weighted by atomic mass is 19.1. The Balaban J connectivity index is 1.63. The molecule has 0 radical (unpaired) electrons. The Labute approximate surface area is 156 Å². The normalized spacial score (nSPS) is 15.8. The SMILES string of the molecule is COC(=O)C1(NC(=O)c2ccc(COc3ccc(F)cc3)o2)CCCCC1. The summed E-state index contributed by atoms with van der Waals surface area (Å²) in [5, 5.41) is 2.80. The summed E-state index contributed by atoms with van der Waals surface area (Å²) < 4.78 is 28.8. The summed E-state index contributed by atoms with van der Waals surface area (Å²) in [7, 11) is 1.32. The molecule has 1 heterocycles. The summed E-state index contributed by atoms with van der Waals surface area (Å²) in [5.41, 5.74) is -0.998. The summed E-state index contributed by atoms with van der Waals surface area (Å²) >= 11 is 0. The Hall–Kier alpha value is -2.83. The predicted molar refractivity (Wildman–Crippen MR) is 94.7 cm³/mol. The third kappa shape index (κ3) is 4.48. The second kappa shape index (κ2) is 8.24. The molecule has 1 amide bonds. The molecule has 2 aromatic rings. The summed E-state index contributed by atoms with van der Waals surface area (Å²) in [6.07, 6.45) is 3.83. The van der Waals surface area contributed by atoms with Crippen LogP contribution in [0.3, 0.4) is 0 Å². The van der Waals surface area contributed by atoms with E-state index in [-0.39, 0.29) is 18.2 Å². The molecular formula is C20H22FNO5. The van der Waals surface area contributed by atoms with Gasteiger partial charge in [-0.1, -0.05) is 19.3 Å². The number of carbonyl (C=O) groups is 2. The summed E-state index contributed by atoms with van der Waals surface area (Å²) in [6.45, 7) is 0.0983. The van der Waals surface area contributed by atoms with Gasteiger partial charge in [0.05, 0.1) is 7.11 Å². The third-order valence-electron chi connectivity index (χ3n) is 4.72. The van der Waals surface area contributed by atoms with Gasteiger partial charge < -0.3 is 19.2 Å². The van der Waals surface area contributed by atoms with E-state index in [2.05, 4.69) is 5.32 Å². The highest BCUT2D eigenvalue weighted by Crippen LogP contribution is 2.30. The zero-order chi connectivity index (χ0) is 19.3. The van der Waals surface area contributed by atoms with Gasteiger partial charge in [-0.05, 0) is 49.2 Å². The maximum atomic E-state index is 12.9. The van der Waals surface area contributed by atoms with Gasteiger partial charge in [0.1, 0.15) is 29.5 Å². The standard InChI is InChI=1S/C20H22FNO5/c1-25-19(24)20(11-3-2-4-12-20)22-18(23)17-10-9-16(27-17)13-26-15-7-5-14(21)6-8-15/h5-10H,2-4,11-13H2,1H3,(H,22,23). The van der Waals surface area contributed by atoms with E-state index < -0.39 is 17.4 Å². The molecule has 1 N–H and O–H groups in total. The molecule has 1 aromatic heterocycles. The van der Waals surface area contributed by atoms with Crippen molar-refractivity contribution in [2.45, 2.75) is 44.2 Å². The molecule has 3 rings (SSSR count). The minimum absolute atomic E-state index is 0.0983. The fourth-order valence-corrected chi connectivity index (χ4v) is 3.27. The fraction of sp³-hybridized carbons (Fsp3) is 0.400. The van der Waals surface area contributed by atoms with E-state index in [1.807, 2.05) is 0 Å². The van der Waals surface area contributed by atoms with Crippen molar-refractivity contribution < 1.29 is 27.9 Å².